The molecule has 0 aliphatic carbocycles. The van der Waals surface area contributed by atoms with Crippen LogP contribution in [0.3, 0.4) is 0 Å². The molecule has 2 nitrogen and oxygen atoms in total. The highest BCUT2D eigenvalue weighted by molar-refractivity contribution is 5.86. The van der Waals surface area contributed by atoms with Crippen molar-refractivity contribution < 1.29 is 4.74 Å². The van der Waals surface area contributed by atoms with Crippen LogP contribution in [0.15, 0.2) is 42.5 Å². The predicted octanol–water partition coefficient (Wildman–Crippen LogP) is 4.31. The van der Waals surface area contributed by atoms with Gasteiger partial charge in [-0.1, -0.05) is 49.4 Å². The van der Waals surface area contributed by atoms with Gasteiger partial charge in [-0.25, -0.2) is 0 Å². The summed E-state index contributed by atoms with van der Waals surface area (Å²) in [6.07, 6.45) is 2.63. The quantitative estimate of drug-likeness (QED) is 0.883. The number of ether oxygens (including phenoxy) is 1. The van der Waals surface area contributed by atoms with Crippen molar-refractivity contribution in [2.24, 2.45) is 5.92 Å². The van der Waals surface area contributed by atoms with E-state index in [2.05, 4.69) is 61.6 Å². The van der Waals surface area contributed by atoms with E-state index in [0.29, 0.717) is 18.1 Å². The minimum Gasteiger partial charge on any atom is -0.378 e. The van der Waals surface area contributed by atoms with Gasteiger partial charge in [-0.15, -0.1) is 0 Å². The van der Waals surface area contributed by atoms with E-state index in [1.807, 2.05) is 0 Å². The number of fused-ring (bicyclic) bond motifs is 1. The molecule has 0 bridgehead atoms. The Morgan fingerprint density at radius 1 is 1.19 bits per heavy atom. The summed E-state index contributed by atoms with van der Waals surface area (Å²) in [4.78, 5) is 0. The fourth-order valence-corrected chi connectivity index (χ4v) is 3.50. The van der Waals surface area contributed by atoms with E-state index in [-0.39, 0.29) is 0 Å². The fourth-order valence-electron chi connectivity index (χ4n) is 3.50. The molecule has 1 aliphatic rings. The average Bonchev–Trinajstić information content (AvgIpc) is 2.94. The minimum atomic E-state index is 0.332. The molecule has 1 saturated heterocycles. The molecule has 0 spiro atoms. The molecule has 3 rings (SSSR count). The predicted molar refractivity (Wildman–Crippen MR) is 88.5 cm³/mol. The van der Waals surface area contributed by atoms with Gasteiger partial charge in [0, 0.05) is 18.6 Å². The molecule has 0 saturated carbocycles. The Balaban J connectivity index is 2.01. The van der Waals surface area contributed by atoms with Crippen molar-refractivity contribution in [3.05, 3.63) is 48.0 Å². The molecule has 1 heterocycles. The second-order valence-electron chi connectivity index (χ2n) is 6.03. The van der Waals surface area contributed by atoms with Crippen molar-refractivity contribution in [3.63, 3.8) is 0 Å². The summed E-state index contributed by atoms with van der Waals surface area (Å²) in [6, 6.07) is 15.7. The molecule has 2 aromatic rings. The molecule has 112 valence electrons. The lowest BCUT2D eigenvalue weighted by Crippen LogP contribution is -2.32. The van der Waals surface area contributed by atoms with E-state index >= 15 is 0 Å². The summed E-state index contributed by atoms with van der Waals surface area (Å²) in [5, 5.41) is 6.46. The lowest BCUT2D eigenvalue weighted by Gasteiger charge is -2.28. The molecule has 21 heavy (non-hydrogen) atoms. The first-order chi connectivity index (χ1) is 10.3. The molecule has 1 N–H and O–H groups in total. The topological polar surface area (TPSA) is 21.3 Å². The summed E-state index contributed by atoms with van der Waals surface area (Å²) in [5.41, 5.74) is 1.42. The highest BCUT2D eigenvalue weighted by atomic mass is 16.5. The van der Waals surface area contributed by atoms with Crippen molar-refractivity contribution in [2.45, 2.75) is 38.8 Å². The highest BCUT2D eigenvalue weighted by Crippen LogP contribution is 2.36. The molecule has 0 amide bonds. The Kier molecular flexibility index (Phi) is 4.57. The first-order valence-corrected chi connectivity index (χ1v) is 8.14. The fraction of sp³-hybridized carbons (Fsp3) is 0.474. The third-order valence-corrected chi connectivity index (χ3v) is 4.64. The maximum Gasteiger partial charge on any atom is 0.0594 e. The van der Waals surface area contributed by atoms with E-state index in [1.54, 1.807) is 0 Å². The van der Waals surface area contributed by atoms with Crippen LogP contribution in [0.5, 0.6) is 0 Å². The van der Waals surface area contributed by atoms with E-state index in [1.165, 1.54) is 16.3 Å². The number of rotatable bonds is 5. The van der Waals surface area contributed by atoms with E-state index in [0.717, 1.165) is 26.0 Å². The second kappa shape index (κ2) is 6.59. The first kappa shape index (κ1) is 14.6. The maximum atomic E-state index is 5.82. The smallest absolute Gasteiger partial charge is 0.0594 e. The molecule has 2 aromatic carbocycles. The lowest BCUT2D eigenvalue weighted by molar-refractivity contribution is 0.0955. The van der Waals surface area contributed by atoms with Crippen molar-refractivity contribution >= 4 is 10.8 Å². The summed E-state index contributed by atoms with van der Waals surface area (Å²) in [7, 11) is 0. The largest absolute Gasteiger partial charge is 0.378 e. The molecule has 2 heteroatoms. The van der Waals surface area contributed by atoms with Gasteiger partial charge in [0.15, 0.2) is 0 Å². The van der Waals surface area contributed by atoms with Gasteiger partial charge in [-0.05, 0) is 42.6 Å². The molecule has 3 atom stereocenters. The third-order valence-electron chi connectivity index (χ3n) is 4.64. The van der Waals surface area contributed by atoms with Gasteiger partial charge in [-0.3, -0.25) is 0 Å². The van der Waals surface area contributed by atoms with Crippen LogP contribution in [0.2, 0.25) is 0 Å². The van der Waals surface area contributed by atoms with Crippen molar-refractivity contribution in [3.8, 4) is 0 Å². The molecule has 1 fully saturated rings. The van der Waals surface area contributed by atoms with E-state index in [9.17, 15) is 0 Å². The van der Waals surface area contributed by atoms with Gasteiger partial charge in [0.2, 0.25) is 0 Å². The Hall–Kier alpha value is -1.38. The maximum absolute atomic E-state index is 5.82. The van der Waals surface area contributed by atoms with E-state index in [4.69, 9.17) is 4.74 Å². The summed E-state index contributed by atoms with van der Waals surface area (Å²) in [5.74, 6) is 0.558. The molecular weight excluding hydrogens is 258 g/mol. The lowest BCUT2D eigenvalue weighted by atomic mass is 9.86. The van der Waals surface area contributed by atoms with Crippen molar-refractivity contribution in [2.75, 3.05) is 13.2 Å². The number of benzene rings is 2. The molecular formula is C19H25NO. The van der Waals surface area contributed by atoms with Gasteiger partial charge in [-0.2, -0.15) is 0 Å². The third kappa shape index (κ3) is 2.97. The molecule has 3 unspecified atom stereocenters. The van der Waals surface area contributed by atoms with Crippen LogP contribution >= 0.6 is 0 Å². The van der Waals surface area contributed by atoms with Crippen LogP contribution in [0.4, 0.5) is 0 Å². The summed E-state index contributed by atoms with van der Waals surface area (Å²) < 4.78 is 5.82. The molecule has 1 aliphatic heterocycles. The Morgan fingerprint density at radius 2 is 2.00 bits per heavy atom. The minimum absolute atomic E-state index is 0.332. The zero-order valence-corrected chi connectivity index (χ0v) is 13.0. The van der Waals surface area contributed by atoms with Gasteiger partial charge in [0.05, 0.1) is 6.10 Å². The van der Waals surface area contributed by atoms with Crippen LogP contribution in [-0.4, -0.2) is 19.3 Å². The van der Waals surface area contributed by atoms with Crippen LogP contribution in [0, 0.1) is 5.92 Å². The second-order valence-corrected chi connectivity index (χ2v) is 6.03. The van der Waals surface area contributed by atoms with Gasteiger partial charge in [0.25, 0.3) is 0 Å². The highest BCUT2D eigenvalue weighted by Gasteiger charge is 2.33. The number of hydrogen-bond donors (Lipinski definition) is 1. The van der Waals surface area contributed by atoms with Gasteiger partial charge < -0.3 is 10.1 Å². The van der Waals surface area contributed by atoms with Gasteiger partial charge >= 0.3 is 0 Å². The van der Waals surface area contributed by atoms with Crippen LogP contribution in [0.1, 0.15) is 38.3 Å². The Labute approximate surface area is 127 Å². The van der Waals surface area contributed by atoms with Crippen molar-refractivity contribution in [1.82, 2.24) is 5.32 Å². The Bertz CT molecular complexity index is 590. The zero-order valence-electron chi connectivity index (χ0n) is 13.0. The Morgan fingerprint density at radius 3 is 2.76 bits per heavy atom. The standard InChI is InChI=1S/C19H25NO/c1-3-12-20-19(16-11-13-21-14(16)2)18-10-6-8-15-7-4-5-9-17(15)18/h4-10,14,16,19-20H,3,11-13H2,1-2H3. The van der Waals surface area contributed by atoms with E-state index < -0.39 is 0 Å². The summed E-state index contributed by atoms with van der Waals surface area (Å²) >= 11 is 0. The SMILES string of the molecule is CCCNC(c1cccc2ccccc12)C1CCOC1C. The van der Waals surface area contributed by atoms with Gasteiger partial charge in [0.1, 0.15) is 0 Å². The monoisotopic (exact) mass is 283 g/mol. The van der Waals surface area contributed by atoms with Crippen LogP contribution < -0.4 is 5.32 Å². The number of nitrogens with one attached hydrogen (secondary N) is 1. The first-order valence-electron chi connectivity index (χ1n) is 8.14. The average molecular weight is 283 g/mol. The van der Waals surface area contributed by atoms with Crippen LogP contribution in [-0.2, 0) is 4.74 Å². The normalized spacial score (nSPS) is 23.5. The molecule has 0 aromatic heterocycles. The zero-order chi connectivity index (χ0) is 14.7. The van der Waals surface area contributed by atoms with Crippen LogP contribution in [0.25, 0.3) is 10.8 Å². The van der Waals surface area contributed by atoms with Crippen molar-refractivity contribution in [1.29, 1.82) is 0 Å². The summed E-state index contributed by atoms with van der Waals surface area (Å²) in [6.45, 7) is 6.38. The number of hydrogen-bond acceptors (Lipinski definition) is 2. The molecule has 0 radical (unpaired) electrons.